The number of nitrogens with one attached hydrogen (secondary N) is 2. The van der Waals surface area contributed by atoms with Gasteiger partial charge >= 0.3 is 6.09 Å². The van der Waals surface area contributed by atoms with Gasteiger partial charge in [-0.2, -0.15) is 12.6 Å². The second-order valence-electron chi connectivity index (χ2n) is 9.47. The Morgan fingerprint density at radius 1 is 1.15 bits per heavy atom. The van der Waals surface area contributed by atoms with Crippen molar-refractivity contribution < 1.29 is 29.3 Å². The lowest BCUT2D eigenvalue weighted by atomic mass is 9.94. The molecule has 1 fully saturated rings. The Kier molecular flexibility index (Phi) is 10.5. The van der Waals surface area contributed by atoms with Gasteiger partial charge in [0.15, 0.2) is 0 Å². The van der Waals surface area contributed by atoms with E-state index in [0.29, 0.717) is 5.56 Å². The van der Waals surface area contributed by atoms with E-state index in [9.17, 15) is 24.6 Å². The SMILES string of the molecule is CC(C)(C)OC(=O)NC(CS)C(=O)N(CCO)C(C(=O)NC1CCCCC1)c1ccc(O)cc1. The number of carbonyl (C=O) groups is 3. The van der Waals surface area contributed by atoms with Crippen molar-refractivity contribution in [2.45, 2.75) is 76.6 Å². The summed E-state index contributed by atoms with van der Waals surface area (Å²) in [6.07, 6.45) is 4.12. The molecule has 4 N–H and O–H groups in total. The Balaban J connectivity index is 2.33. The largest absolute Gasteiger partial charge is 0.508 e. The third-order valence-corrected chi connectivity index (χ3v) is 5.88. The fourth-order valence-corrected chi connectivity index (χ4v) is 4.21. The van der Waals surface area contributed by atoms with Crippen LogP contribution in [0, 0.1) is 0 Å². The Morgan fingerprint density at radius 2 is 1.76 bits per heavy atom. The number of hydrogen-bond donors (Lipinski definition) is 5. The van der Waals surface area contributed by atoms with Gasteiger partial charge in [-0.1, -0.05) is 31.4 Å². The Bertz CT molecular complexity index is 821. The van der Waals surface area contributed by atoms with Crippen molar-refractivity contribution in [2.75, 3.05) is 18.9 Å². The molecule has 1 saturated carbocycles. The highest BCUT2D eigenvalue weighted by molar-refractivity contribution is 7.80. The third-order valence-electron chi connectivity index (χ3n) is 5.52. The van der Waals surface area contributed by atoms with Crippen LogP contribution in [0.3, 0.4) is 0 Å². The smallest absolute Gasteiger partial charge is 0.408 e. The van der Waals surface area contributed by atoms with Crippen LogP contribution in [0.15, 0.2) is 24.3 Å². The summed E-state index contributed by atoms with van der Waals surface area (Å²) in [4.78, 5) is 40.5. The lowest BCUT2D eigenvalue weighted by molar-refractivity contribution is -0.143. The molecule has 0 bridgehead atoms. The summed E-state index contributed by atoms with van der Waals surface area (Å²) in [7, 11) is 0. The number of phenols is 1. The van der Waals surface area contributed by atoms with Crippen LogP contribution in [0.5, 0.6) is 5.75 Å². The maximum atomic E-state index is 13.5. The Morgan fingerprint density at radius 3 is 2.29 bits per heavy atom. The van der Waals surface area contributed by atoms with Crippen molar-refractivity contribution in [3.05, 3.63) is 29.8 Å². The average molecular weight is 496 g/mol. The number of phenolic OH excluding ortho intramolecular Hbond substituents is 1. The highest BCUT2D eigenvalue weighted by Gasteiger charge is 2.36. The van der Waals surface area contributed by atoms with Crippen molar-refractivity contribution in [3.63, 3.8) is 0 Å². The number of ether oxygens (including phenoxy) is 1. The molecule has 0 aromatic heterocycles. The number of benzene rings is 1. The molecular weight excluding hydrogens is 458 g/mol. The summed E-state index contributed by atoms with van der Waals surface area (Å²) >= 11 is 4.22. The zero-order valence-corrected chi connectivity index (χ0v) is 21.0. The lowest BCUT2D eigenvalue weighted by Gasteiger charge is -2.35. The summed E-state index contributed by atoms with van der Waals surface area (Å²) in [6, 6.07) is 3.87. The number of nitrogens with zero attached hydrogens (tertiary/aromatic N) is 1. The summed E-state index contributed by atoms with van der Waals surface area (Å²) in [5.74, 6) is -0.969. The molecule has 2 unspecified atom stereocenters. The molecule has 1 aromatic rings. The fraction of sp³-hybridized carbons (Fsp3) is 0.625. The van der Waals surface area contributed by atoms with E-state index in [1.165, 1.54) is 17.0 Å². The zero-order chi connectivity index (χ0) is 25.3. The van der Waals surface area contributed by atoms with Crippen molar-refractivity contribution >= 4 is 30.5 Å². The number of carbonyl (C=O) groups excluding carboxylic acids is 3. The fourth-order valence-electron chi connectivity index (χ4n) is 3.97. The van der Waals surface area contributed by atoms with E-state index in [2.05, 4.69) is 23.3 Å². The van der Waals surface area contributed by atoms with E-state index in [-0.39, 0.29) is 36.6 Å². The maximum absolute atomic E-state index is 13.5. The van der Waals surface area contributed by atoms with Gasteiger partial charge in [-0.05, 0) is 51.3 Å². The molecular formula is C24H37N3O6S. The number of alkyl carbamates (subject to hydrolysis) is 1. The van der Waals surface area contributed by atoms with Gasteiger partial charge in [0.2, 0.25) is 11.8 Å². The van der Waals surface area contributed by atoms with Crippen LogP contribution in [0.2, 0.25) is 0 Å². The molecule has 34 heavy (non-hydrogen) atoms. The first kappa shape index (κ1) is 27.8. The molecule has 0 aliphatic heterocycles. The van der Waals surface area contributed by atoms with E-state index >= 15 is 0 Å². The van der Waals surface area contributed by atoms with Gasteiger partial charge in [0.05, 0.1) is 6.61 Å². The van der Waals surface area contributed by atoms with Crippen molar-refractivity contribution in [1.82, 2.24) is 15.5 Å². The van der Waals surface area contributed by atoms with E-state index < -0.39 is 29.7 Å². The molecule has 0 heterocycles. The number of aliphatic hydroxyl groups excluding tert-OH is 1. The van der Waals surface area contributed by atoms with E-state index in [4.69, 9.17) is 4.74 Å². The quantitative estimate of drug-likeness (QED) is 0.335. The predicted molar refractivity (Wildman–Crippen MR) is 132 cm³/mol. The van der Waals surface area contributed by atoms with E-state index in [1.807, 2.05) is 0 Å². The van der Waals surface area contributed by atoms with E-state index in [1.54, 1.807) is 32.9 Å². The second kappa shape index (κ2) is 12.9. The van der Waals surface area contributed by atoms with Crippen molar-refractivity contribution in [1.29, 1.82) is 0 Å². The van der Waals surface area contributed by atoms with Crippen LogP contribution in [0.4, 0.5) is 4.79 Å². The lowest BCUT2D eigenvalue weighted by Crippen LogP contribution is -2.55. The molecule has 0 spiro atoms. The molecule has 2 rings (SSSR count). The van der Waals surface area contributed by atoms with Gasteiger partial charge in [-0.15, -0.1) is 0 Å². The first-order valence-corrected chi connectivity index (χ1v) is 12.3. The number of thiol groups is 1. The molecule has 1 aromatic carbocycles. The summed E-state index contributed by atoms with van der Waals surface area (Å²) in [5, 5.41) is 25.0. The number of amides is 3. The minimum atomic E-state index is -1.08. The molecule has 10 heteroatoms. The molecule has 9 nitrogen and oxygen atoms in total. The molecule has 190 valence electrons. The Labute approximate surface area is 206 Å². The summed E-state index contributed by atoms with van der Waals surface area (Å²) in [6.45, 7) is 4.60. The normalized spacial score (nSPS) is 16.3. The van der Waals surface area contributed by atoms with Crippen LogP contribution in [0.1, 0.15) is 64.5 Å². The minimum Gasteiger partial charge on any atom is -0.508 e. The topological polar surface area (TPSA) is 128 Å². The molecule has 0 saturated heterocycles. The highest BCUT2D eigenvalue weighted by Crippen LogP contribution is 2.26. The van der Waals surface area contributed by atoms with Crippen LogP contribution in [-0.4, -0.2) is 69.6 Å². The van der Waals surface area contributed by atoms with Gasteiger partial charge in [-0.25, -0.2) is 4.79 Å². The molecule has 2 atom stereocenters. The van der Waals surface area contributed by atoms with Gasteiger partial charge < -0.3 is 30.5 Å². The number of hydrogen-bond acceptors (Lipinski definition) is 7. The maximum Gasteiger partial charge on any atom is 0.408 e. The van der Waals surface area contributed by atoms with Crippen molar-refractivity contribution in [3.8, 4) is 5.75 Å². The van der Waals surface area contributed by atoms with Gasteiger partial charge in [-0.3, -0.25) is 9.59 Å². The predicted octanol–water partition coefficient (Wildman–Crippen LogP) is 2.53. The van der Waals surface area contributed by atoms with Crippen LogP contribution in [-0.2, 0) is 14.3 Å². The number of rotatable bonds is 9. The van der Waals surface area contributed by atoms with Gasteiger partial charge in [0.1, 0.15) is 23.4 Å². The minimum absolute atomic E-state index is 0.00695. The number of aliphatic hydroxyl groups is 1. The third kappa shape index (κ3) is 8.39. The zero-order valence-electron chi connectivity index (χ0n) is 20.1. The molecule has 3 amide bonds. The summed E-state index contributed by atoms with van der Waals surface area (Å²) < 4.78 is 5.25. The number of aromatic hydroxyl groups is 1. The molecule has 1 aliphatic carbocycles. The first-order valence-electron chi connectivity index (χ1n) is 11.7. The van der Waals surface area contributed by atoms with Crippen LogP contribution in [0.25, 0.3) is 0 Å². The standard InChI is InChI=1S/C24H37N3O6S/c1-24(2,3)33-23(32)26-19(15-34)22(31)27(13-14-28)20(16-9-11-18(29)12-10-16)21(30)25-17-7-5-4-6-8-17/h9-12,17,19-20,28-29,34H,4-8,13-15H2,1-3H3,(H,25,30)(H,26,32). The van der Waals surface area contributed by atoms with Gasteiger partial charge in [0, 0.05) is 18.3 Å². The first-order chi connectivity index (χ1) is 16.1. The van der Waals surface area contributed by atoms with Crippen LogP contribution >= 0.6 is 12.6 Å². The van der Waals surface area contributed by atoms with Crippen LogP contribution < -0.4 is 10.6 Å². The van der Waals surface area contributed by atoms with Gasteiger partial charge in [0.25, 0.3) is 0 Å². The second-order valence-corrected chi connectivity index (χ2v) is 9.84. The summed E-state index contributed by atoms with van der Waals surface area (Å²) in [5.41, 5.74) is -0.281. The average Bonchev–Trinajstić information content (AvgIpc) is 2.77. The highest BCUT2D eigenvalue weighted by atomic mass is 32.1. The molecule has 1 aliphatic rings. The molecule has 0 radical (unpaired) electrons. The van der Waals surface area contributed by atoms with E-state index in [0.717, 1.165) is 32.1 Å². The monoisotopic (exact) mass is 495 g/mol. The Hall–Kier alpha value is -2.46. The van der Waals surface area contributed by atoms with Crippen molar-refractivity contribution in [2.24, 2.45) is 0 Å².